The lowest BCUT2D eigenvalue weighted by atomic mass is 9.67. The fraction of sp³-hybridized carbons (Fsp3) is 0.632. The second-order valence-electron chi connectivity index (χ2n) is 7.73. The minimum atomic E-state index is -1.01. The maximum atomic E-state index is 10.6. The van der Waals surface area contributed by atoms with E-state index in [1.54, 1.807) is 12.4 Å². The summed E-state index contributed by atoms with van der Waals surface area (Å²) in [6, 6.07) is 0. The zero-order valence-electron chi connectivity index (χ0n) is 15.1. The van der Waals surface area contributed by atoms with Crippen LogP contribution in [0.2, 0.25) is 0 Å². The van der Waals surface area contributed by atoms with Crippen molar-refractivity contribution in [2.24, 2.45) is 5.41 Å². The Labute approximate surface area is 153 Å². The summed E-state index contributed by atoms with van der Waals surface area (Å²) >= 11 is 0. The molecule has 3 rings (SSSR count). The Morgan fingerprint density at radius 2 is 2.04 bits per heavy atom. The van der Waals surface area contributed by atoms with E-state index in [4.69, 9.17) is 5.11 Å². The highest BCUT2D eigenvalue weighted by molar-refractivity contribution is 5.84. The number of aliphatic hydroxyl groups excluding tert-OH is 1. The summed E-state index contributed by atoms with van der Waals surface area (Å²) in [6.45, 7) is 2.03. The summed E-state index contributed by atoms with van der Waals surface area (Å²) in [4.78, 5) is 19.2. The number of carboxylic acids is 1. The molecule has 0 unspecified atom stereocenters. The van der Waals surface area contributed by atoms with Crippen LogP contribution in [0.15, 0.2) is 18.5 Å². The summed E-state index contributed by atoms with van der Waals surface area (Å²) in [5.41, 5.74) is 0.373. The lowest BCUT2D eigenvalue weighted by Crippen LogP contribution is -2.47. The van der Waals surface area contributed by atoms with Gasteiger partial charge in [0.1, 0.15) is 5.82 Å². The summed E-state index contributed by atoms with van der Waals surface area (Å²) < 4.78 is 0. The molecule has 2 heterocycles. The first-order chi connectivity index (χ1) is 12.5. The quantitative estimate of drug-likeness (QED) is 0.551. The van der Waals surface area contributed by atoms with E-state index in [0.29, 0.717) is 11.5 Å². The number of carboxylic acid groups (broad SMARTS) is 1. The lowest BCUT2D eigenvalue weighted by Gasteiger charge is -2.43. The first-order valence-electron chi connectivity index (χ1n) is 9.38. The fourth-order valence-electron chi connectivity index (χ4n) is 4.37. The molecule has 26 heavy (non-hydrogen) atoms. The number of aliphatic carboxylic acids is 1. The molecule has 1 saturated heterocycles. The molecule has 0 amide bonds. The number of aliphatic hydroxyl groups is 1. The third-order valence-electron chi connectivity index (χ3n) is 5.67. The molecule has 1 aliphatic carbocycles. The first-order valence-corrected chi connectivity index (χ1v) is 9.38. The van der Waals surface area contributed by atoms with Crippen molar-refractivity contribution in [1.82, 2.24) is 15.3 Å². The predicted molar refractivity (Wildman–Crippen MR) is 99.8 cm³/mol. The van der Waals surface area contributed by atoms with Gasteiger partial charge in [-0.1, -0.05) is 19.3 Å². The van der Waals surface area contributed by atoms with Crippen LogP contribution in [0.25, 0.3) is 6.08 Å². The van der Waals surface area contributed by atoms with Crippen LogP contribution in [0.1, 0.15) is 50.6 Å². The minimum Gasteiger partial charge on any atom is -0.478 e. The van der Waals surface area contributed by atoms with Gasteiger partial charge in [-0.05, 0) is 43.7 Å². The van der Waals surface area contributed by atoms with Gasteiger partial charge in [0.05, 0.1) is 23.6 Å². The number of hydrogen-bond donors (Lipinski definition) is 4. The van der Waals surface area contributed by atoms with Gasteiger partial charge >= 0.3 is 5.97 Å². The monoisotopic (exact) mass is 360 g/mol. The molecule has 0 aromatic carbocycles. The van der Waals surface area contributed by atoms with Crippen molar-refractivity contribution in [3.8, 4) is 0 Å². The topological polar surface area (TPSA) is 107 Å². The Hall–Kier alpha value is -1.99. The molecular formula is C19H28N4O3. The van der Waals surface area contributed by atoms with Crippen LogP contribution in [-0.2, 0) is 4.79 Å². The molecule has 0 bridgehead atoms. The molecule has 1 aromatic rings. The zero-order valence-corrected chi connectivity index (χ0v) is 15.1. The van der Waals surface area contributed by atoms with Crippen LogP contribution >= 0.6 is 0 Å². The molecular weight excluding hydrogens is 332 g/mol. The van der Waals surface area contributed by atoms with Gasteiger partial charge in [-0.2, -0.15) is 0 Å². The van der Waals surface area contributed by atoms with Gasteiger partial charge in [-0.25, -0.2) is 9.78 Å². The van der Waals surface area contributed by atoms with Crippen LogP contribution in [-0.4, -0.2) is 51.4 Å². The number of carbonyl (C=O) groups is 1. The van der Waals surface area contributed by atoms with Crippen LogP contribution in [0.3, 0.4) is 0 Å². The van der Waals surface area contributed by atoms with Gasteiger partial charge in [-0.3, -0.25) is 4.98 Å². The summed E-state index contributed by atoms with van der Waals surface area (Å²) in [7, 11) is 0. The van der Waals surface area contributed by atoms with E-state index < -0.39 is 5.97 Å². The number of hydrogen-bond acceptors (Lipinski definition) is 6. The van der Waals surface area contributed by atoms with Crippen molar-refractivity contribution < 1.29 is 15.0 Å². The van der Waals surface area contributed by atoms with Crippen LogP contribution in [0, 0.1) is 5.41 Å². The SMILES string of the molecule is O=C(O)/C=C/c1cnc(N[C@]2(CC3(CO)CCCCC3)CCNC2)cn1. The van der Waals surface area contributed by atoms with E-state index in [1.807, 2.05) is 0 Å². The Morgan fingerprint density at radius 3 is 2.62 bits per heavy atom. The highest BCUT2D eigenvalue weighted by Crippen LogP contribution is 2.44. The van der Waals surface area contributed by atoms with E-state index in [9.17, 15) is 9.90 Å². The van der Waals surface area contributed by atoms with Crippen molar-refractivity contribution >= 4 is 17.9 Å². The molecule has 7 nitrogen and oxygen atoms in total. The number of nitrogens with zero attached hydrogens (tertiary/aromatic N) is 2. The van der Waals surface area contributed by atoms with Gasteiger partial charge in [0.15, 0.2) is 0 Å². The molecule has 142 valence electrons. The van der Waals surface area contributed by atoms with Crippen molar-refractivity contribution in [1.29, 1.82) is 0 Å². The average Bonchev–Trinajstić information content (AvgIpc) is 3.09. The van der Waals surface area contributed by atoms with Gasteiger partial charge in [0.25, 0.3) is 0 Å². The highest BCUT2D eigenvalue weighted by atomic mass is 16.4. The molecule has 0 spiro atoms. The molecule has 7 heteroatoms. The Morgan fingerprint density at radius 1 is 1.23 bits per heavy atom. The third kappa shape index (κ3) is 4.59. The maximum Gasteiger partial charge on any atom is 0.328 e. The predicted octanol–water partition coefficient (Wildman–Crippen LogP) is 2.05. The number of aromatic nitrogens is 2. The van der Waals surface area contributed by atoms with Crippen LogP contribution in [0.5, 0.6) is 0 Å². The van der Waals surface area contributed by atoms with Crippen molar-refractivity contribution in [2.45, 2.75) is 50.5 Å². The number of nitrogens with one attached hydrogen (secondary N) is 2. The van der Waals surface area contributed by atoms with Crippen LogP contribution in [0.4, 0.5) is 5.82 Å². The lowest BCUT2D eigenvalue weighted by molar-refractivity contribution is -0.131. The molecule has 1 saturated carbocycles. The number of anilines is 1. The maximum absolute atomic E-state index is 10.6. The van der Waals surface area contributed by atoms with E-state index in [2.05, 4.69) is 20.6 Å². The molecule has 0 radical (unpaired) electrons. The van der Waals surface area contributed by atoms with Crippen molar-refractivity contribution in [2.75, 3.05) is 25.0 Å². The highest BCUT2D eigenvalue weighted by Gasteiger charge is 2.43. The summed E-state index contributed by atoms with van der Waals surface area (Å²) in [5, 5.41) is 25.8. The number of rotatable bonds is 7. The van der Waals surface area contributed by atoms with Crippen molar-refractivity contribution in [3.05, 3.63) is 24.2 Å². The Bertz CT molecular complexity index is 633. The summed E-state index contributed by atoms with van der Waals surface area (Å²) in [6.07, 6.45) is 13.4. The molecule has 2 fully saturated rings. The zero-order chi connectivity index (χ0) is 18.5. The van der Waals surface area contributed by atoms with E-state index >= 15 is 0 Å². The Kier molecular flexibility index (Phi) is 5.88. The molecule has 1 aliphatic heterocycles. The molecule has 2 aliphatic rings. The standard InChI is InChI=1S/C19H28N4O3/c24-14-18(6-2-1-3-7-18)12-19(8-9-20-13-19)23-16-11-21-15(10-22-16)4-5-17(25)26/h4-5,10-11,20,24H,1-3,6-9,12-14H2,(H,22,23)(H,25,26)/b5-4+/t19-/m0/s1. The normalized spacial score (nSPS) is 25.4. The van der Waals surface area contributed by atoms with Gasteiger partial charge in [0.2, 0.25) is 0 Å². The van der Waals surface area contributed by atoms with E-state index in [0.717, 1.165) is 44.8 Å². The van der Waals surface area contributed by atoms with Gasteiger partial charge in [-0.15, -0.1) is 0 Å². The van der Waals surface area contributed by atoms with E-state index in [-0.39, 0.29) is 17.6 Å². The smallest absolute Gasteiger partial charge is 0.328 e. The van der Waals surface area contributed by atoms with Gasteiger partial charge in [0, 0.05) is 19.2 Å². The van der Waals surface area contributed by atoms with Crippen molar-refractivity contribution in [3.63, 3.8) is 0 Å². The largest absolute Gasteiger partial charge is 0.478 e. The molecule has 4 N–H and O–H groups in total. The molecule has 1 aromatic heterocycles. The second kappa shape index (κ2) is 8.14. The average molecular weight is 360 g/mol. The minimum absolute atomic E-state index is 0.00509. The first kappa shape index (κ1) is 18.8. The Balaban J connectivity index is 1.72. The fourth-order valence-corrected chi connectivity index (χ4v) is 4.37. The summed E-state index contributed by atoms with van der Waals surface area (Å²) in [5.74, 6) is -0.322. The van der Waals surface area contributed by atoms with E-state index in [1.165, 1.54) is 25.3 Å². The second-order valence-corrected chi connectivity index (χ2v) is 7.73. The third-order valence-corrected chi connectivity index (χ3v) is 5.67. The van der Waals surface area contributed by atoms with Gasteiger partial charge < -0.3 is 20.8 Å². The molecule has 1 atom stereocenters. The van der Waals surface area contributed by atoms with Crippen LogP contribution < -0.4 is 10.6 Å².